The molecule has 0 spiro atoms. The molecule has 1 aliphatic rings. The molecule has 0 amide bonds. The SMILES string of the molecule is CC(C)(C)C(=O)CCN1CCN(CCC(=O)O)CCN(CCC(=O)O)CCN(CCC(=O)O)CC1. The highest BCUT2D eigenvalue weighted by atomic mass is 16.4. The number of carboxylic acid groups (broad SMARTS) is 3. The zero-order chi connectivity index (χ0) is 26.4. The second-order valence-electron chi connectivity index (χ2n) is 10.2. The van der Waals surface area contributed by atoms with Crippen LogP contribution in [0.1, 0.15) is 46.5 Å². The second kappa shape index (κ2) is 15.8. The lowest BCUT2D eigenvalue weighted by atomic mass is 9.89. The summed E-state index contributed by atoms with van der Waals surface area (Å²) in [7, 11) is 0. The summed E-state index contributed by atoms with van der Waals surface area (Å²) >= 11 is 0. The molecule has 0 aromatic heterocycles. The van der Waals surface area contributed by atoms with Crippen LogP contribution in [-0.2, 0) is 19.2 Å². The van der Waals surface area contributed by atoms with Crippen molar-refractivity contribution in [3.63, 3.8) is 0 Å². The summed E-state index contributed by atoms with van der Waals surface area (Å²) in [5, 5.41) is 27.4. The summed E-state index contributed by atoms with van der Waals surface area (Å²) in [4.78, 5) is 54.3. The van der Waals surface area contributed by atoms with E-state index in [1.54, 1.807) is 0 Å². The number of Topliss-reactive ketones (excluding diaryl/α,β-unsaturated/α-hetero) is 1. The fraction of sp³-hybridized carbons (Fsp3) is 0.833. The fourth-order valence-electron chi connectivity index (χ4n) is 3.87. The van der Waals surface area contributed by atoms with Crippen molar-refractivity contribution in [2.45, 2.75) is 46.5 Å². The van der Waals surface area contributed by atoms with Gasteiger partial charge >= 0.3 is 17.9 Å². The molecule has 1 saturated heterocycles. The molecule has 1 aliphatic heterocycles. The van der Waals surface area contributed by atoms with Gasteiger partial charge in [0.25, 0.3) is 0 Å². The number of hydrogen-bond donors (Lipinski definition) is 3. The first-order chi connectivity index (χ1) is 16.4. The first kappa shape index (κ1) is 31.0. The lowest BCUT2D eigenvalue weighted by molar-refractivity contribution is -0.138. The lowest BCUT2D eigenvalue weighted by Crippen LogP contribution is -2.47. The molecule has 0 bridgehead atoms. The van der Waals surface area contributed by atoms with E-state index in [9.17, 15) is 19.2 Å². The van der Waals surface area contributed by atoms with Crippen LogP contribution in [0.2, 0.25) is 0 Å². The molecule has 202 valence electrons. The zero-order valence-corrected chi connectivity index (χ0v) is 21.6. The molecule has 11 heteroatoms. The van der Waals surface area contributed by atoms with E-state index in [0.29, 0.717) is 85.0 Å². The lowest BCUT2D eigenvalue weighted by Gasteiger charge is -2.34. The summed E-state index contributed by atoms with van der Waals surface area (Å²) in [5.74, 6) is -2.41. The van der Waals surface area contributed by atoms with Crippen LogP contribution in [0.15, 0.2) is 0 Å². The molecule has 1 heterocycles. The summed E-state index contributed by atoms with van der Waals surface area (Å²) < 4.78 is 0. The van der Waals surface area contributed by atoms with Crippen molar-refractivity contribution in [3.8, 4) is 0 Å². The van der Waals surface area contributed by atoms with Crippen molar-refractivity contribution in [2.24, 2.45) is 5.41 Å². The highest BCUT2D eigenvalue weighted by Crippen LogP contribution is 2.17. The maximum Gasteiger partial charge on any atom is 0.304 e. The summed E-state index contributed by atoms with van der Waals surface area (Å²) in [6.07, 6.45) is 0.498. The van der Waals surface area contributed by atoms with Crippen molar-refractivity contribution in [2.75, 3.05) is 78.5 Å². The molecule has 35 heavy (non-hydrogen) atoms. The van der Waals surface area contributed by atoms with Crippen molar-refractivity contribution in [3.05, 3.63) is 0 Å². The Morgan fingerprint density at radius 2 is 0.743 bits per heavy atom. The molecule has 0 aromatic carbocycles. The maximum absolute atomic E-state index is 12.5. The van der Waals surface area contributed by atoms with Crippen LogP contribution >= 0.6 is 0 Å². The average Bonchev–Trinajstić information content (AvgIpc) is 2.75. The van der Waals surface area contributed by atoms with Gasteiger partial charge in [-0.05, 0) is 0 Å². The number of carboxylic acids is 3. The molecule has 0 radical (unpaired) electrons. The number of carbonyl (C=O) groups is 4. The molecule has 0 saturated carbocycles. The van der Waals surface area contributed by atoms with E-state index in [-0.39, 0.29) is 25.0 Å². The molecule has 11 nitrogen and oxygen atoms in total. The van der Waals surface area contributed by atoms with E-state index in [1.807, 2.05) is 20.8 Å². The number of carbonyl (C=O) groups excluding carboxylic acids is 1. The Morgan fingerprint density at radius 3 is 0.943 bits per heavy atom. The van der Waals surface area contributed by atoms with Crippen LogP contribution in [0, 0.1) is 5.41 Å². The first-order valence-corrected chi connectivity index (χ1v) is 12.4. The highest BCUT2D eigenvalue weighted by molar-refractivity contribution is 5.83. The molecule has 1 fully saturated rings. The number of rotatable bonds is 12. The Kier molecular flexibility index (Phi) is 14.0. The van der Waals surface area contributed by atoms with E-state index in [1.165, 1.54) is 0 Å². The van der Waals surface area contributed by atoms with E-state index in [0.717, 1.165) is 0 Å². The Morgan fingerprint density at radius 1 is 0.514 bits per heavy atom. The van der Waals surface area contributed by atoms with Crippen LogP contribution in [0.5, 0.6) is 0 Å². The summed E-state index contributed by atoms with van der Waals surface area (Å²) in [6, 6.07) is 0. The molecule has 0 atom stereocenters. The first-order valence-electron chi connectivity index (χ1n) is 12.4. The third kappa shape index (κ3) is 14.8. The third-order valence-corrected chi connectivity index (χ3v) is 6.35. The molecular formula is C24H44N4O7. The van der Waals surface area contributed by atoms with E-state index in [2.05, 4.69) is 19.6 Å². The van der Waals surface area contributed by atoms with Gasteiger partial charge in [0, 0.05) is 90.4 Å². The van der Waals surface area contributed by atoms with Gasteiger partial charge in [0.1, 0.15) is 5.78 Å². The monoisotopic (exact) mass is 500 g/mol. The number of nitrogens with zero attached hydrogens (tertiary/aromatic N) is 4. The summed E-state index contributed by atoms with van der Waals surface area (Å²) in [6.45, 7) is 12.5. The van der Waals surface area contributed by atoms with E-state index >= 15 is 0 Å². The largest absolute Gasteiger partial charge is 0.481 e. The van der Waals surface area contributed by atoms with E-state index < -0.39 is 23.3 Å². The topological polar surface area (TPSA) is 142 Å². The minimum Gasteiger partial charge on any atom is -0.481 e. The molecular weight excluding hydrogens is 456 g/mol. The van der Waals surface area contributed by atoms with Crippen LogP contribution in [0.3, 0.4) is 0 Å². The maximum atomic E-state index is 12.5. The normalized spacial score (nSPS) is 18.5. The van der Waals surface area contributed by atoms with Gasteiger partial charge in [0.15, 0.2) is 0 Å². The van der Waals surface area contributed by atoms with Gasteiger partial charge < -0.3 is 34.9 Å². The predicted molar refractivity (Wildman–Crippen MR) is 132 cm³/mol. The third-order valence-electron chi connectivity index (χ3n) is 6.35. The Balaban J connectivity index is 2.95. The number of aliphatic carboxylic acids is 3. The van der Waals surface area contributed by atoms with Gasteiger partial charge in [-0.3, -0.25) is 19.2 Å². The standard InChI is InChI=1S/C24H44N4O7/c1-24(2,3)20(29)4-8-25-12-14-26(9-5-21(30)31)16-18-28(11-7-23(34)35)19-17-27(15-13-25)10-6-22(32)33/h4-19H2,1-3H3,(H,30,31)(H,32,33)(H,34,35). The number of hydrogen-bond acceptors (Lipinski definition) is 8. The van der Waals surface area contributed by atoms with Crippen molar-refractivity contribution < 1.29 is 34.5 Å². The van der Waals surface area contributed by atoms with Crippen LogP contribution < -0.4 is 0 Å². The number of ketones is 1. The van der Waals surface area contributed by atoms with Crippen LogP contribution in [0.25, 0.3) is 0 Å². The predicted octanol–water partition coefficient (Wildman–Crippen LogP) is 0.637. The van der Waals surface area contributed by atoms with Gasteiger partial charge in [-0.2, -0.15) is 0 Å². The molecule has 0 aliphatic carbocycles. The van der Waals surface area contributed by atoms with Crippen molar-refractivity contribution >= 4 is 23.7 Å². The molecule has 0 aromatic rings. The van der Waals surface area contributed by atoms with Gasteiger partial charge in [0.2, 0.25) is 0 Å². The average molecular weight is 501 g/mol. The van der Waals surface area contributed by atoms with Crippen LogP contribution in [-0.4, -0.2) is 137 Å². The zero-order valence-electron chi connectivity index (χ0n) is 21.6. The smallest absolute Gasteiger partial charge is 0.304 e. The van der Waals surface area contributed by atoms with Crippen molar-refractivity contribution in [1.82, 2.24) is 19.6 Å². The Labute approximate surface area is 208 Å². The molecule has 1 rings (SSSR count). The minimum atomic E-state index is -0.873. The second-order valence-corrected chi connectivity index (χ2v) is 10.2. The minimum absolute atomic E-state index is 0.0137. The Bertz CT molecular complexity index is 662. The van der Waals surface area contributed by atoms with E-state index in [4.69, 9.17) is 15.3 Å². The quantitative estimate of drug-likeness (QED) is 0.347. The molecule has 0 unspecified atom stereocenters. The van der Waals surface area contributed by atoms with Gasteiger partial charge in [-0.25, -0.2) is 0 Å². The molecule has 3 N–H and O–H groups in total. The van der Waals surface area contributed by atoms with Crippen LogP contribution in [0.4, 0.5) is 0 Å². The summed E-state index contributed by atoms with van der Waals surface area (Å²) in [5.41, 5.74) is -0.410. The van der Waals surface area contributed by atoms with Gasteiger partial charge in [-0.15, -0.1) is 0 Å². The Hall–Kier alpha value is -2.08. The van der Waals surface area contributed by atoms with Gasteiger partial charge in [-0.1, -0.05) is 20.8 Å². The fourth-order valence-corrected chi connectivity index (χ4v) is 3.87. The van der Waals surface area contributed by atoms with Gasteiger partial charge in [0.05, 0.1) is 19.3 Å². The van der Waals surface area contributed by atoms with Crippen molar-refractivity contribution in [1.29, 1.82) is 0 Å². The highest BCUT2D eigenvalue weighted by Gasteiger charge is 2.23.